The summed E-state index contributed by atoms with van der Waals surface area (Å²) in [6, 6.07) is 14.1. The number of aromatic nitrogens is 2. The summed E-state index contributed by atoms with van der Waals surface area (Å²) in [5.74, 6) is -0.678. The number of hydrogen-bond donors (Lipinski definition) is 2. The van der Waals surface area contributed by atoms with E-state index in [0.717, 1.165) is 5.56 Å². The van der Waals surface area contributed by atoms with E-state index in [1.165, 1.54) is 23.1 Å². The Balaban J connectivity index is 1.41. The van der Waals surface area contributed by atoms with Crippen LogP contribution in [-0.4, -0.2) is 27.6 Å². The highest BCUT2D eigenvalue weighted by atomic mass is 35.5. The standard InChI is InChI=1S/C26H19Cl3N6O2S2/c27-14-4-1-3-13(9-14)22-16(11-30)24(31)35(19-5-2-6-20(36)23(19)22)25-33-34-26(39-25)38-12-21(37)32-18-8-7-15(28)10-17(18)29/h1,3-4,7-10,22H,2,5-6,12,31H2,(H,32,37). The van der Waals surface area contributed by atoms with E-state index in [2.05, 4.69) is 21.6 Å². The highest BCUT2D eigenvalue weighted by Gasteiger charge is 2.41. The van der Waals surface area contributed by atoms with Crippen molar-refractivity contribution in [2.45, 2.75) is 29.5 Å². The zero-order valence-corrected chi connectivity index (χ0v) is 24.0. The zero-order valence-electron chi connectivity index (χ0n) is 20.1. The molecule has 5 rings (SSSR count). The number of halogens is 3. The van der Waals surface area contributed by atoms with E-state index in [-0.39, 0.29) is 28.8 Å². The first-order chi connectivity index (χ1) is 18.8. The van der Waals surface area contributed by atoms with Crippen molar-refractivity contribution in [1.82, 2.24) is 10.2 Å². The minimum Gasteiger partial charge on any atom is -0.384 e. The second-order valence-corrected chi connectivity index (χ2v) is 12.1. The molecule has 1 unspecified atom stereocenters. The van der Waals surface area contributed by atoms with Crippen molar-refractivity contribution in [2.75, 3.05) is 16.0 Å². The summed E-state index contributed by atoms with van der Waals surface area (Å²) in [5, 5.41) is 23.1. The van der Waals surface area contributed by atoms with Gasteiger partial charge in [-0.1, -0.05) is 70.0 Å². The van der Waals surface area contributed by atoms with Crippen molar-refractivity contribution in [3.05, 3.63) is 85.8 Å². The number of nitriles is 1. The number of nitrogens with zero attached hydrogens (tertiary/aromatic N) is 4. The lowest BCUT2D eigenvalue weighted by Crippen LogP contribution is -2.38. The maximum atomic E-state index is 13.2. The summed E-state index contributed by atoms with van der Waals surface area (Å²) < 4.78 is 0.523. The largest absolute Gasteiger partial charge is 0.384 e. The van der Waals surface area contributed by atoms with E-state index in [9.17, 15) is 14.9 Å². The van der Waals surface area contributed by atoms with Crippen molar-refractivity contribution in [1.29, 1.82) is 5.26 Å². The number of ketones is 1. The van der Waals surface area contributed by atoms with E-state index >= 15 is 0 Å². The van der Waals surface area contributed by atoms with Gasteiger partial charge in [-0.3, -0.25) is 14.5 Å². The van der Waals surface area contributed by atoms with Gasteiger partial charge in [0.05, 0.1) is 34.0 Å². The molecule has 0 saturated carbocycles. The Kier molecular flexibility index (Phi) is 8.16. The van der Waals surface area contributed by atoms with Crippen LogP contribution >= 0.6 is 57.9 Å². The normalized spacial score (nSPS) is 17.2. The van der Waals surface area contributed by atoms with Gasteiger partial charge in [0.25, 0.3) is 0 Å². The molecule has 39 heavy (non-hydrogen) atoms. The fraction of sp³-hybridized carbons (Fsp3) is 0.192. The Morgan fingerprint density at radius 1 is 1.18 bits per heavy atom. The molecule has 198 valence electrons. The summed E-state index contributed by atoms with van der Waals surface area (Å²) in [7, 11) is 0. The molecule has 0 radical (unpaired) electrons. The number of hydrogen-bond acceptors (Lipinski definition) is 9. The molecule has 2 aromatic carbocycles. The molecular formula is C26H19Cl3N6O2S2. The third-order valence-electron chi connectivity index (χ3n) is 6.21. The van der Waals surface area contributed by atoms with Crippen LogP contribution < -0.4 is 16.0 Å². The lowest BCUT2D eigenvalue weighted by molar-refractivity contribution is -0.116. The number of benzene rings is 2. The van der Waals surface area contributed by atoms with Gasteiger partial charge in [0.15, 0.2) is 10.1 Å². The average molecular weight is 618 g/mol. The van der Waals surface area contributed by atoms with Crippen molar-refractivity contribution in [2.24, 2.45) is 5.73 Å². The molecule has 8 nitrogen and oxygen atoms in total. The first kappa shape index (κ1) is 27.5. The van der Waals surface area contributed by atoms with Gasteiger partial charge in [0, 0.05) is 27.7 Å². The molecule has 0 fully saturated rings. The van der Waals surface area contributed by atoms with Crippen molar-refractivity contribution in [3.63, 3.8) is 0 Å². The van der Waals surface area contributed by atoms with Gasteiger partial charge in [-0.15, -0.1) is 10.2 Å². The Morgan fingerprint density at radius 2 is 1.97 bits per heavy atom. The number of carbonyl (C=O) groups excluding carboxylic acids is 2. The smallest absolute Gasteiger partial charge is 0.234 e. The molecule has 1 amide bonds. The number of allylic oxidation sites excluding steroid dienone is 3. The third kappa shape index (κ3) is 5.64. The molecule has 1 aliphatic heterocycles. The van der Waals surface area contributed by atoms with Gasteiger partial charge in [-0.25, -0.2) is 0 Å². The van der Waals surface area contributed by atoms with Crippen LogP contribution in [0, 0.1) is 11.3 Å². The Hall–Kier alpha value is -3.07. The lowest BCUT2D eigenvalue weighted by Gasteiger charge is -2.38. The molecule has 3 N–H and O–H groups in total. The average Bonchev–Trinajstić information content (AvgIpc) is 3.37. The van der Waals surface area contributed by atoms with E-state index < -0.39 is 5.92 Å². The number of anilines is 2. The van der Waals surface area contributed by atoms with E-state index in [1.807, 2.05) is 6.07 Å². The molecule has 2 heterocycles. The Morgan fingerprint density at radius 3 is 2.72 bits per heavy atom. The zero-order chi connectivity index (χ0) is 27.7. The Bertz CT molecular complexity index is 1600. The quantitative estimate of drug-likeness (QED) is 0.299. The number of thioether (sulfide) groups is 1. The summed E-state index contributed by atoms with van der Waals surface area (Å²) in [4.78, 5) is 27.4. The monoisotopic (exact) mass is 616 g/mol. The first-order valence-corrected chi connectivity index (χ1v) is 14.6. The highest BCUT2D eigenvalue weighted by molar-refractivity contribution is 8.01. The minimum atomic E-state index is -0.613. The first-order valence-electron chi connectivity index (χ1n) is 11.7. The van der Waals surface area contributed by atoms with Crippen LogP contribution in [0.4, 0.5) is 10.8 Å². The molecule has 0 saturated heterocycles. The summed E-state index contributed by atoms with van der Waals surface area (Å²) >= 11 is 20.7. The van der Waals surface area contributed by atoms with E-state index in [1.54, 1.807) is 41.3 Å². The van der Waals surface area contributed by atoms with Gasteiger partial charge < -0.3 is 11.1 Å². The maximum Gasteiger partial charge on any atom is 0.234 e. The van der Waals surface area contributed by atoms with Gasteiger partial charge in [0.1, 0.15) is 5.82 Å². The van der Waals surface area contributed by atoms with Crippen LogP contribution in [0.1, 0.15) is 30.7 Å². The molecule has 2 aliphatic rings. The molecular weight excluding hydrogens is 599 g/mol. The second kappa shape index (κ2) is 11.6. The molecule has 0 bridgehead atoms. The topological polar surface area (TPSA) is 125 Å². The molecule has 0 spiro atoms. The fourth-order valence-electron chi connectivity index (χ4n) is 4.58. The number of nitrogens with one attached hydrogen (secondary N) is 1. The predicted molar refractivity (Wildman–Crippen MR) is 155 cm³/mol. The summed E-state index contributed by atoms with van der Waals surface area (Å²) in [6.07, 6.45) is 1.62. The minimum absolute atomic E-state index is 0.0388. The number of amides is 1. The number of Topliss-reactive ketones (excluding diaryl/α,β-unsaturated/α-hetero) is 1. The molecule has 1 atom stereocenters. The van der Waals surface area contributed by atoms with Crippen molar-refractivity contribution >= 4 is 80.4 Å². The number of rotatable bonds is 6. The van der Waals surface area contributed by atoms with Crippen LogP contribution in [0.25, 0.3) is 0 Å². The van der Waals surface area contributed by atoms with Crippen LogP contribution in [-0.2, 0) is 9.59 Å². The highest BCUT2D eigenvalue weighted by Crippen LogP contribution is 2.47. The van der Waals surface area contributed by atoms with Crippen LogP contribution in [0.5, 0.6) is 0 Å². The van der Waals surface area contributed by atoms with Gasteiger partial charge >= 0.3 is 0 Å². The maximum absolute atomic E-state index is 13.2. The van der Waals surface area contributed by atoms with Gasteiger partial charge in [-0.05, 0) is 48.7 Å². The molecule has 1 aromatic heterocycles. The molecule has 13 heteroatoms. The van der Waals surface area contributed by atoms with Gasteiger partial charge in [0.2, 0.25) is 11.0 Å². The molecule has 3 aromatic rings. The molecule has 1 aliphatic carbocycles. The van der Waals surface area contributed by atoms with Crippen LogP contribution in [0.15, 0.2) is 69.5 Å². The van der Waals surface area contributed by atoms with Crippen molar-refractivity contribution < 1.29 is 9.59 Å². The predicted octanol–water partition coefficient (Wildman–Crippen LogP) is 6.53. The van der Waals surface area contributed by atoms with Gasteiger partial charge in [-0.2, -0.15) is 5.26 Å². The Labute approximate surface area is 247 Å². The lowest BCUT2D eigenvalue weighted by atomic mass is 9.76. The second-order valence-electron chi connectivity index (χ2n) is 8.68. The van der Waals surface area contributed by atoms with E-state index in [0.29, 0.717) is 60.8 Å². The fourth-order valence-corrected chi connectivity index (χ4v) is 6.92. The number of nitrogens with two attached hydrogens (primary N) is 1. The SMILES string of the molecule is N#CC1=C(N)N(c2nnc(SCC(=O)Nc3ccc(Cl)cc3Cl)s2)C2=C(C(=O)CCC2)C1c1cccc(Cl)c1. The summed E-state index contributed by atoms with van der Waals surface area (Å²) in [6.45, 7) is 0. The van der Waals surface area contributed by atoms with Crippen LogP contribution in [0.3, 0.4) is 0 Å². The van der Waals surface area contributed by atoms with Crippen molar-refractivity contribution in [3.8, 4) is 6.07 Å². The van der Waals surface area contributed by atoms with Crippen LogP contribution in [0.2, 0.25) is 15.1 Å². The number of carbonyl (C=O) groups is 2. The van der Waals surface area contributed by atoms with E-state index in [4.69, 9.17) is 40.5 Å². The third-order valence-corrected chi connectivity index (χ3v) is 9.04. The summed E-state index contributed by atoms with van der Waals surface area (Å²) in [5.41, 5.74) is 9.23.